The summed E-state index contributed by atoms with van der Waals surface area (Å²) in [5.41, 5.74) is 0.720. The minimum Gasteiger partial charge on any atom is -0.508 e. The van der Waals surface area contributed by atoms with E-state index >= 15 is 0 Å². The molecule has 0 saturated carbocycles. The number of phenols is 2. The number of carbonyl (C=O) groups excluding carboxylic acids is 2. The third-order valence-electron chi connectivity index (χ3n) is 6.77. The molecular formula is C28H46O4. The van der Waals surface area contributed by atoms with E-state index in [1.807, 2.05) is 13.8 Å². The van der Waals surface area contributed by atoms with E-state index in [9.17, 15) is 19.8 Å². The summed E-state index contributed by atoms with van der Waals surface area (Å²) >= 11 is 0. The van der Waals surface area contributed by atoms with Crippen LogP contribution in [0.2, 0.25) is 0 Å². The normalized spacial score (nSPS) is 14.5. The molecule has 0 radical (unpaired) electrons. The predicted octanol–water partition coefficient (Wildman–Crippen LogP) is 7.34. The summed E-state index contributed by atoms with van der Waals surface area (Å²) in [6.07, 6.45) is 6.23. The van der Waals surface area contributed by atoms with Crippen molar-refractivity contribution >= 4 is 11.6 Å². The molecule has 0 spiro atoms. The van der Waals surface area contributed by atoms with Crippen LogP contribution in [-0.2, 0) is 11.2 Å². The molecule has 0 fully saturated rings. The first kappa shape index (κ1) is 28.2. The average molecular weight is 447 g/mol. The SMILES string of the molecule is CCC(CCC(C)C)C(=O)c1cc(O)c(CC(CC)C(=O)C(CC)CCC(C)C)cc1O. The quantitative estimate of drug-likeness (QED) is 0.218. The molecule has 0 amide bonds. The molecule has 4 nitrogen and oxygen atoms in total. The fourth-order valence-electron chi connectivity index (χ4n) is 4.38. The number of phenolic OH excluding ortho intramolecular Hbond substituents is 2. The van der Waals surface area contributed by atoms with E-state index in [1.54, 1.807) is 0 Å². The van der Waals surface area contributed by atoms with E-state index in [1.165, 1.54) is 12.1 Å². The van der Waals surface area contributed by atoms with Gasteiger partial charge in [0.1, 0.15) is 17.3 Å². The van der Waals surface area contributed by atoms with Crippen LogP contribution >= 0.6 is 0 Å². The molecule has 1 aromatic carbocycles. The first-order valence-electron chi connectivity index (χ1n) is 12.7. The minimum absolute atomic E-state index is 0.00802. The van der Waals surface area contributed by atoms with E-state index in [4.69, 9.17) is 0 Å². The molecule has 1 aromatic rings. The highest BCUT2D eigenvalue weighted by Gasteiger charge is 2.27. The van der Waals surface area contributed by atoms with Crippen molar-refractivity contribution in [2.24, 2.45) is 29.6 Å². The van der Waals surface area contributed by atoms with E-state index in [0.717, 1.165) is 32.1 Å². The van der Waals surface area contributed by atoms with Crippen molar-refractivity contribution in [2.45, 2.75) is 99.8 Å². The molecule has 0 saturated heterocycles. The molecule has 3 unspecified atom stereocenters. The molecule has 1 rings (SSSR count). The van der Waals surface area contributed by atoms with Crippen molar-refractivity contribution in [3.05, 3.63) is 23.3 Å². The van der Waals surface area contributed by atoms with Crippen LogP contribution in [0.3, 0.4) is 0 Å². The Balaban J connectivity index is 3.03. The zero-order chi connectivity index (χ0) is 24.4. The van der Waals surface area contributed by atoms with E-state index in [0.29, 0.717) is 36.7 Å². The Morgan fingerprint density at radius 2 is 1.22 bits per heavy atom. The van der Waals surface area contributed by atoms with Crippen LogP contribution in [0, 0.1) is 29.6 Å². The van der Waals surface area contributed by atoms with Crippen LogP contribution in [0.1, 0.15) is 109 Å². The highest BCUT2D eigenvalue weighted by molar-refractivity contribution is 6.00. The third kappa shape index (κ3) is 8.26. The molecule has 182 valence electrons. The summed E-state index contributed by atoms with van der Waals surface area (Å²) < 4.78 is 0. The molecule has 0 aliphatic carbocycles. The summed E-state index contributed by atoms with van der Waals surface area (Å²) in [5, 5.41) is 21.3. The summed E-state index contributed by atoms with van der Waals surface area (Å²) in [6, 6.07) is 2.89. The fourth-order valence-corrected chi connectivity index (χ4v) is 4.38. The maximum absolute atomic E-state index is 13.2. The number of aromatic hydroxyl groups is 2. The zero-order valence-electron chi connectivity index (χ0n) is 21.4. The van der Waals surface area contributed by atoms with Crippen LogP contribution in [0.4, 0.5) is 0 Å². The summed E-state index contributed by atoms with van der Waals surface area (Å²) in [7, 11) is 0. The Morgan fingerprint density at radius 3 is 1.69 bits per heavy atom. The lowest BCUT2D eigenvalue weighted by atomic mass is 9.81. The highest BCUT2D eigenvalue weighted by Crippen LogP contribution is 2.34. The lowest BCUT2D eigenvalue weighted by Gasteiger charge is -2.22. The average Bonchev–Trinajstić information content (AvgIpc) is 2.74. The Bertz CT molecular complexity index is 735. The van der Waals surface area contributed by atoms with Crippen molar-refractivity contribution < 1.29 is 19.8 Å². The highest BCUT2D eigenvalue weighted by atomic mass is 16.3. The van der Waals surface area contributed by atoms with Crippen molar-refractivity contribution in [3.8, 4) is 11.5 Å². The number of ketones is 2. The van der Waals surface area contributed by atoms with Crippen LogP contribution in [-0.4, -0.2) is 21.8 Å². The zero-order valence-corrected chi connectivity index (χ0v) is 21.4. The second kappa shape index (κ2) is 13.6. The van der Waals surface area contributed by atoms with Crippen LogP contribution < -0.4 is 0 Å². The maximum atomic E-state index is 13.2. The summed E-state index contributed by atoms with van der Waals surface area (Å²) in [5.74, 6) is 0.771. The van der Waals surface area contributed by atoms with Gasteiger partial charge in [-0.2, -0.15) is 0 Å². The molecule has 0 aliphatic rings. The minimum atomic E-state index is -0.201. The molecule has 4 heteroatoms. The van der Waals surface area contributed by atoms with Gasteiger partial charge in [-0.15, -0.1) is 0 Å². The third-order valence-corrected chi connectivity index (χ3v) is 6.77. The van der Waals surface area contributed by atoms with Gasteiger partial charge < -0.3 is 10.2 Å². The standard InChI is InChI=1S/C28H46O4/c1-8-20(13-11-18(4)5)27(31)22(10-3)15-23-16-26(30)24(17-25(23)29)28(32)21(9-2)14-12-19(6)7/h16-22,29-30H,8-15H2,1-7H3. The maximum Gasteiger partial charge on any atom is 0.169 e. The van der Waals surface area contributed by atoms with Crippen molar-refractivity contribution in [3.63, 3.8) is 0 Å². The molecule has 2 N–H and O–H groups in total. The van der Waals surface area contributed by atoms with Crippen molar-refractivity contribution in [1.29, 1.82) is 0 Å². The van der Waals surface area contributed by atoms with Crippen LogP contribution in [0.25, 0.3) is 0 Å². The molecule has 32 heavy (non-hydrogen) atoms. The van der Waals surface area contributed by atoms with Crippen molar-refractivity contribution in [2.75, 3.05) is 0 Å². The van der Waals surface area contributed by atoms with Gasteiger partial charge in [0.15, 0.2) is 5.78 Å². The van der Waals surface area contributed by atoms with Gasteiger partial charge >= 0.3 is 0 Å². The first-order chi connectivity index (χ1) is 15.0. The number of benzene rings is 1. The summed E-state index contributed by atoms with van der Waals surface area (Å²) in [6.45, 7) is 14.6. The van der Waals surface area contributed by atoms with Gasteiger partial charge in [-0.25, -0.2) is 0 Å². The Morgan fingerprint density at radius 1 is 0.719 bits per heavy atom. The second-order valence-electron chi connectivity index (χ2n) is 10.2. The topological polar surface area (TPSA) is 74.6 Å². The van der Waals surface area contributed by atoms with Gasteiger partial charge in [-0.3, -0.25) is 9.59 Å². The number of hydrogen-bond acceptors (Lipinski definition) is 4. The van der Waals surface area contributed by atoms with Crippen molar-refractivity contribution in [1.82, 2.24) is 0 Å². The number of Topliss-reactive ketones (excluding diaryl/α,β-unsaturated/α-hetero) is 2. The fraction of sp³-hybridized carbons (Fsp3) is 0.714. The second-order valence-corrected chi connectivity index (χ2v) is 10.2. The van der Waals surface area contributed by atoms with E-state index in [-0.39, 0.29) is 46.4 Å². The number of rotatable bonds is 15. The lowest BCUT2D eigenvalue weighted by molar-refractivity contribution is -0.127. The van der Waals surface area contributed by atoms with Gasteiger partial charge in [0, 0.05) is 17.8 Å². The largest absolute Gasteiger partial charge is 0.508 e. The van der Waals surface area contributed by atoms with Crippen LogP contribution in [0.15, 0.2) is 12.1 Å². The molecule has 0 aliphatic heterocycles. The molecule has 3 atom stereocenters. The Hall–Kier alpha value is -1.84. The number of hydrogen-bond donors (Lipinski definition) is 2. The van der Waals surface area contributed by atoms with Gasteiger partial charge in [-0.1, -0.05) is 61.3 Å². The molecular weight excluding hydrogens is 400 g/mol. The lowest BCUT2D eigenvalue weighted by Crippen LogP contribution is -2.25. The summed E-state index contributed by atoms with van der Waals surface area (Å²) in [4.78, 5) is 26.1. The predicted molar refractivity (Wildman–Crippen MR) is 132 cm³/mol. The molecule has 0 aromatic heterocycles. The monoisotopic (exact) mass is 446 g/mol. The molecule has 0 heterocycles. The Labute approximate surface area is 195 Å². The van der Waals surface area contributed by atoms with E-state index < -0.39 is 0 Å². The smallest absolute Gasteiger partial charge is 0.169 e. The van der Waals surface area contributed by atoms with Gasteiger partial charge in [0.05, 0.1) is 5.56 Å². The van der Waals surface area contributed by atoms with E-state index in [2.05, 4.69) is 34.6 Å². The first-order valence-corrected chi connectivity index (χ1v) is 12.7. The van der Waals surface area contributed by atoms with Gasteiger partial charge in [-0.05, 0) is 68.1 Å². The number of carbonyl (C=O) groups is 2. The molecule has 0 bridgehead atoms. The van der Waals surface area contributed by atoms with Gasteiger partial charge in [0.2, 0.25) is 0 Å². The van der Waals surface area contributed by atoms with Gasteiger partial charge in [0.25, 0.3) is 0 Å². The van der Waals surface area contributed by atoms with Crippen LogP contribution in [0.5, 0.6) is 11.5 Å². The Kier molecular flexibility index (Phi) is 12.0.